The number of hydrogen-bond acceptors (Lipinski definition) is 15. The van der Waals surface area contributed by atoms with Gasteiger partial charge in [0.2, 0.25) is 0 Å². The summed E-state index contributed by atoms with van der Waals surface area (Å²) in [6.07, 6.45) is 96.0. The smallest absolute Gasteiger partial charge is 0.462 e. The van der Waals surface area contributed by atoms with E-state index < -0.39 is 97.5 Å². The summed E-state index contributed by atoms with van der Waals surface area (Å²) in [4.78, 5) is 73.1. The molecule has 612 valence electrons. The number of aliphatic hydroxyl groups is 1. The van der Waals surface area contributed by atoms with Gasteiger partial charge in [-0.15, -0.1) is 0 Å². The summed E-state index contributed by atoms with van der Waals surface area (Å²) < 4.78 is 68.5. The van der Waals surface area contributed by atoms with E-state index in [1.54, 1.807) is 0 Å². The van der Waals surface area contributed by atoms with E-state index in [2.05, 4.69) is 180 Å². The standard InChI is InChI=1S/C89H144O17P2/c1-5-9-13-17-21-25-29-33-36-39-41-44-46-50-54-58-62-66-70-74-87(92)100-80-85(106-88(93)75-71-67-63-59-55-51-47-43-38-35-31-27-23-19-15-11-7-3)82-104-108(97,98)102-78-83(90)77-101-107(95,96)103-81-84(79-99-86(91)73-69-65-61-57-53-49-32-28-24-20-16-12-8-4)105-89(94)76-72-68-64-60-56-52-48-45-42-40-37-34-30-26-22-18-14-10-6-2/h10,14,21-23,25-28,32-38,41-42,44-45,47,50-52,54,56,59,62-63,66,83-85,90H,5-9,11-13,15-20,24,29-31,39-40,43,46,48-49,53,55,57-58,60-61,64-65,67-82H2,1-4H3,(H,95,96)(H,97,98)/b14-10-,25-21-,26-22-,27-23-,32-28-,36-33-,37-34-,38-35-,44-41-,45-42-,51-47-,54-50-,56-52-,63-59-,66-62-/t83-,84+,85+/m0/s1. The number of aliphatic hydroxyl groups excluding tert-OH is 1. The zero-order valence-electron chi connectivity index (χ0n) is 66.9. The number of allylic oxidation sites excluding steroid dienone is 30. The summed E-state index contributed by atoms with van der Waals surface area (Å²) in [6, 6.07) is 0. The molecular formula is C89H144O17P2. The van der Waals surface area contributed by atoms with Gasteiger partial charge >= 0.3 is 39.5 Å². The first kappa shape index (κ1) is 102. The third-order valence-electron chi connectivity index (χ3n) is 16.3. The molecule has 108 heavy (non-hydrogen) atoms. The second-order valence-electron chi connectivity index (χ2n) is 26.6. The molecular weight excluding hydrogens is 1400 g/mol. The number of phosphoric acid groups is 2. The highest BCUT2D eigenvalue weighted by molar-refractivity contribution is 7.47. The quantitative estimate of drug-likeness (QED) is 0.0169. The number of carbonyl (C=O) groups is 4. The lowest BCUT2D eigenvalue weighted by Gasteiger charge is -2.21. The number of phosphoric ester groups is 2. The van der Waals surface area contributed by atoms with Crippen molar-refractivity contribution in [3.63, 3.8) is 0 Å². The molecule has 0 aliphatic carbocycles. The maximum atomic E-state index is 13.1. The maximum absolute atomic E-state index is 13.1. The average Bonchev–Trinajstić information content (AvgIpc) is 0.907. The summed E-state index contributed by atoms with van der Waals surface area (Å²) in [5.74, 6) is -2.40. The number of esters is 4. The molecule has 17 nitrogen and oxygen atoms in total. The minimum absolute atomic E-state index is 0.00396. The highest BCUT2D eigenvalue weighted by Crippen LogP contribution is 2.45. The lowest BCUT2D eigenvalue weighted by molar-refractivity contribution is -0.161. The van der Waals surface area contributed by atoms with Crippen LogP contribution in [-0.4, -0.2) is 96.7 Å². The summed E-state index contributed by atoms with van der Waals surface area (Å²) in [5, 5.41) is 10.7. The van der Waals surface area contributed by atoms with Gasteiger partial charge in [-0.3, -0.25) is 37.3 Å². The molecule has 0 aliphatic heterocycles. The van der Waals surface area contributed by atoms with E-state index in [1.807, 2.05) is 30.4 Å². The minimum Gasteiger partial charge on any atom is -0.462 e. The fraction of sp³-hybridized carbons (Fsp3) is 0.618. The molecule has 0 aromatic heterocycles. The first-order valence-corrected chi connectivity index (χ1v) is 44.0. The first-order chi connectivity index (χ1) is 52.7. The van der Waals surface area contributed by atoms with Crippen LogP contribution in [0.1, 0.15) is 297 Å². The molecule has 0 amide bonds. The van der Waals surface area contributed by atoms with Gasteiger partial charge in [-0.2, -0.15) is 0 Å². The second kappa shape index (κ2) is 79.3. The Morgan fingerprint density at radius 2 is 0.509 bits per heavy atom. The third kappa shape index (κ3) is 78.3. The molecule has 0 heterocycles. The van der Waals surface area contributed by atoms with Gasteiger partial charge in [0, 0.05) is 25.7 Å². The molecule has 0 rings (SSSR count). The van der Waals surface area contributed by atoms with Crippen LogP contribution in [0.15, 0.2) is 182 Å². The van der Waals surface area contributed by atoms with Crippen LogP contribution in [-0.2, 0) is 65.4 Å². The maximum Gasteiger partial charge on any atom is 0.472 e. The van der Waals surface area contributed by atoms with E-state index >= 15 is 0 Å². The van der Waals surface area contributed by atoms with Crippen LogP contribution in [0, 0.1) is 0 Å². The average molecular weight is 1550 g/mol. The molecule has 19 heteroatoms. The van der Waals surface area contributed by atoms with E-state index in [-0.39, 0.29) is 25.7 Å². The van der Waals surface area contributed by atoms with Gasteiger partial charge in [0.25, 0.3) is 0 Å². The Hall–Kier alpha value is -5.84. The molecule has 0 aromatic carbocycles. The Balaban J connectivity index is 5.54. The molecule has 5 atom stereocenters. The molecule has 0 saturated carbocycles. The van der Waals surface area contributed by atoms with Crippen molar-refractivity contribution in [3.05, 3.63) is 182 Å². The number of hydrogen-bond donors (Lipinski definition) is 3. The van der Waals surface area contributed by atoms with Crippen molar-refractivity contribution in [2.45, 2.75) is 316 Å². The summed E-state index contributed by atoms with van der Waals surface area (Å²) in [7, 11) is -10.0. The van der Waals surface area contributed by atoms with Gasteiger partial charge < -0.3 is 33.8 Å². The molecule has 3 N–H and O–H groups in total. The Labute approximate surface area is 654 Å². The minimum atomic E-state index is -5.02. The molecule has 0 saturated heterocycles. The van der Waals surface area contributed by atoms with Crippen LogP contribution in [0.4, 0.5) is 0 Å². The molecule has 0 bridgehead atoms. The largest absolute Gasteiger partial charge is 0.472 e. The molecule has 0 spiro atoms. The fourth-order valence-electron chi connectivity index (χ4n) is 10.1. The van der Waals surface area contributed by atoms with E-state index in [0.29, 0.717) is 38.5 Å². The van der Waals surface area contributed by atoms with Crippen LogP contribution in [0.25, 0.3) is 0 Å². The number of ether oxygens (including phenoxy) is 4. The molecule has 0 aliphatic rings. The molecule has 0 aromatic rings. The summed E-state index contributed by atoms with van der Waals surface area (Å²) in [5.41, 5.74) is 0. The van der Waals surface area contributed by atoms with Crippen molar-refractivity contribution in [3.8, 4) is 0 Å². The van der Waals surface area contributed by atoms with Crippen molar-refractivity contribution >= 4 is 39.5 Å². The molecule has 0 fully saturated rings. The highest BCUT2D eigenvalue weighted by Gasteiger charge is 2.30. The van der Waals surface area contributed by atoms with E-state index in [9.17, 15) is 43.2 Å². The highest BCUT2D eigenvalue weighted by atomic mass is 31.2. The molecule has 2 unspecified atom stereocenters. The van der Waals surface area contributed by atoms with Crippen LogP contribution in [0.3, 0.4) is 0 Å². The van der Waals surface area contributed by atoms with Gasteiger partial charge in [-0.05, 0) is 173 Å². The van der Waals surface area contributed by atoms with Crippen LogP contribution < -0.4 is 0 Å². The van der Waals surface area contributed by atoms with Crippen molar-refractivity contribution in [1.82, 2.24) is 0 Å². The lowest BCUT2D eigenvalue weighted by Crippen LogP contribution is -2.30. The van der Waals surface area contributed by atoms with Gasteiger partial charge in [0.1, 0.15) is 19.3 Å². The first-order valence-electron chi connectivity index (χ1n) is 41.0. The van der Waals surface area contributed by atoms with Crippen LogP contribution in [0.2, 0.25) is 0 Å². The fourth-order valence-corrected chi connectivity index (χ4v) is 11.7. The zero-order valence-corrected chi connectivity index (χ0v) is 68.7. The summed E-state index contributed by atoms with van der Waals surface area (Å²) in [6.45, 7) is 4.48. The van der Waals surface area contributed by atoms with Crippen molar-refractivity contribution < 1.29 is 80.2 Å². The van der Waals surface area contributed by atoms with Gasteiger partial charge in [-0.1, -0.05) is 281 Å². The third-order valence-corrected chi connectivity index (χ3v) is 18.2. The van der Waals surface area contributed by atoms with Gasteiger partial charge in [-0.25, -0.2) is 9.13 Å². The Kier molecular flexibility index (Phi) is 75.0. The topological polar surface area (TPSA) is 237 Å². The summed E-state index contributed by atoms with van der Waals surface area (Å²) >= 11 is 0. The Morgan fingerprint density at radius 3 is 0.870 bits per heavy atom. The monoisotopic (exact) mass is 1550 g/mol. The van der Waals surface area contributed by atoms with Gasteiger partial charge in [0.05, 0.1) is 26.4 Å². The van der Waals surface area contributed by atoms with Crippen molar-refractivity contribution in [2.75, 3.05) is 39.6 Å². The van der Waals surface area contributed by atoms with E-state index in [0.717, 1.165) is 141 Å². The lowest BCUT2D eigenvalue weighted by atomic mass is 10.1. The number of rotatable bonds is 75. The molecule has 0 radical (unpaired) electrons. The Bertz CT molecular complexity index is 2760. The van der Waals surface area contributed by atoms with E-state index in [1.165, 1.54) is 64.2 Å². The van der Waals surface area contributed by atoms with Crippen LogP contribution in [0.5, 0.6) is 0 Å². The predicted octanol–water partition coefficient (Wildman–Crippen LogP) is 24.3. The number of unbranched alkanes of at least 4 members (excludes halogenated alkanes) is 19. The normalized spacial score (nSPS) is 14.8. The van der Waals surface area contributed by atoms with Crippen molar-refractivity contribution in [2.24, 2.45) is 0 Å². The number of carbonyl (C=O) groups excluding carboxylic acids is 4. The van der Waals surface area contributed by atoms with E-state index in [4.69, 9.17) is 37.0 Å². The van der Waals surface area contributed by atoms with Gasteiger partial charge in [0.15, 0.2) is 12.2 Å². The zero-order chi connectivity index (χ0) is 78.9. The second-order valence-corrected chi connectivity index (χ2v) is 29.5. The predicted molar refractivity (Wildman–Crippen MR) is 445 cm³/mol. The van der Waals surface area contributed by atoms with Crippen molar-refractivity contribution in [1.29, 1.82) is 0 Å². The van der Waals surface area contributed by atoms with Crippen LogP contribution >= 0.6 is 15.6 Å². The Morgan fingerprint density at radius 1 is 0.269 bits per heavy atom. The SMILES string of the molecule is CC/C=C\C/C=C\C/C=C\C/C=C\C/C=C\CCCCCC(=O)O[C@H](COC(=O)CCCCCCC/C=C\CCCCCC)COP(=O)(O)OC[C@H](O)COP(=O)(O)OC[C@@H](COC(=O)CC/C=C\C/C=C\C/C=C\C/C=C\C/C=C\CCCCC)OC(=O)CCC/C=C\C/C=C\C/C=C\C/C=C\CCCCC.